The Kier molecular flexibility index (Phi) is 7.11. The summed E-state index contributed by atoms with van der Waals surface area (Å²) in [5, 5.41) is 3.96. The predicted molar refractivity (Wildman–Crippen MR) is 131 cm³/mol. The number of nitrogens with zero attached hydrogens (tertiary/aromatic N) is 4. The zero-order valence-electron chi connectivity index (χ0n) is 20.6. The van der Waals surface area contributed by atoms with Gasteiger partial charge in [0.15, 0.2) is 5.82 Å². The fraction of sp³-hybridized carbons (Fsp3) is 0.280. The number of primary amides is 1. The van der Waals surface area contributed by atoms with Crippen LogP contribution in [0.1, 0.15) is 47.1 Å². The van der Waals surface area contributed by atoms with Gasteiger partial charge in [-0.25, -0.2) is 18.9 Å². The highest BCUT2D eigenvalue weighted by molar-refractivity contribution is 5.96. The number of imidazole rings is 1. The lowest BCUT2D eigenvalue weighted by Gasteiger charge is -2.15. The molecule has 0 aliphatic carbocycles. The third-order valence-corrected chi connectivity index (χ3v) is 5.96. The minimum absolute atomic E-state index is 0.0573. The summed E-state index contributed by atoms with van der Waals surface area (Å²) in [7, 11) is 1.34. The first-order valence-corrected chi connectivity index (χ1v) is 11.4. The maximum atomic E-state index is 14.2. The van der Waals surface area contributed by atoms with Crippen LogP contribution in [0.5, 0.6) is 11.5 Å². The van der Waals surface area contributed by atoms with Crippen molar-refractivity contribution < 1.29 is 31.8 Å². The molecule has 0 saturated carbocycles. The number of carbonyl (C=O) groups is 1. The fourth-order valence-corrected chi connectivity index (χ4v) is 4.16. The Morgan fingerprint density at radius 1 is 1.21 bits per heavy atom. The molecule has 4 N–H and O–H groups in total. The summed E-state index contributed by atoms with van der Waals surface area (Å²) in [5.74, 6) is -3.43. The maximum Gasteiger partial charge on any atom is 0.398 e. The normalized spacial score (nSPS) is 12.5. The van der Waals surface area contributed by atoms with Gasteiger partial charge in [0.25, 0.3) is 5.91 Å². The molecule has 13 heteroatoms. The summed E-state index contributed by atoms with van der Waals surface area (Å²) < 4.78 is 67.1. The summed E-state index contributed by atoms with van der Waals surface area (Å²) in [5.41, 5.74) is 12.9. The summed E-state index contributed by atoms with van der Waals surface area (Å²) >= 11 is 0. The van der Waals surface area contributed by atoms with Crippen molar-refractivity contribution in [2.24, 2.45) is 5.73 Å². The molecule has 0 aliphatic heterocycles. The van der Waals surface area contributed by atoms with Gasteiger partial charge in [-0.1, -0.05) is 6.07 Å². The molecule has 0 spiro atoms. The third-order valence-electron chi connectivity index (χ3n) is 5.96. The number of halogens is 4. The number of anilines is 1. The zero-order valence-corrected chi connectivity index (χ0v) is 20.6. The van der Waals surface area contributed by atoms with E-state index in [1.807, 2.05) is 0 Å². The molecule has 0 radical (unpaired) electrons. The maximum absolute atomic E-state index is 14.2. The molecule has 1 atom stereocenters. The van der Waals surface area contributed by atoms with E-state index in [4.69, 9.17) is 20.9 Å². The Balaban J connectivity index is 1.86. The molecule has 4 aromatic rings. The molecule has 0 aliphatic rings. The second-order valence-electron chi connectivity index (χ2n) is 8.44. The lowest BCUT2D eigenvalue weighted by molar-refractivity contribution is -0.148. The van der Waals surface area contributed by atoms with Crippen molar-refractivity contribution in [1.82, 2.24) is 19.6 Å². The van der Waals surface area contributed by atoms with Crippen molar-refractivity contribution in [2.75, 3.05) is 19.5 Å². The van der Waals surface area contributed by atoms with E-state index in [1.165, 1.54) is 13.2 Å². The SMILES string of the molecule is CCOc1cc(Cc2cc(F)cc(C(N)=O)c2OC)ccc1-c1nc(C(C)C(F)(F)F)n2ncnc(N)c12. The van der Waals surface area contributed by atoms with Crippen LogP contribution < -0.4 is 20.9 Å². The van der Waals surface area contributed by atoms with Crippen molar-refractivity contribution in [3.05, 3.63) is 65.0 Å². The minimum atomic E-state index is -4.57. The van der Waals surface area contributed by atoms with E-state index < -0.39 is 23.8 Å². The molecule has 4 rings (SSSR count). The first-order valence-electron chi connectivity index (χ1n) is 11.4. The molecule has 9 nitrogen and oxygen atoms in total. The predicted octanol–water partition coefficient (Wildman–Crippen LogP) is 4.28. The molecule has 200 valence electrons. The fourth-order valence-electron chi connectivity index (χ4n) is 4.16. The van der Waals surface area contributed by atoms with E-state index in [0.29, 0.717) is 22.4 Å². The number of ether oxygens (including phenoxy) is 2. The van der Waals surface area contributed by atoms with Gasteiger partial charge in [0.2, 0.25) is 0 Å². The molecule has 2 aromatic carbocycles. The third kappa shape index (κ3) is 4.91. The molecule has 1 unspecified atom stereocenters. The minimum Gasteiger partial charge on any atom is -0.496 e. The summed E-state index contributed by atoms with van der Waals surface area (Å²) in [6.07, 6.45) is -3.38. The Morgan fingerprint density at radius 3 is 2.58 bits per heavy atom. The van der Waals surface area contributed by atoms with E-state index >= 15 is 0 Å². The van der Waals surface area contributed by atoms with E-state index in [9.17, 15) is 22.4 Å². The monoisotopic (exact) mass is 532 g/mol. The van der Waals surface area contributed by atoms with Gasteiger partial charge >= 0.3 is 6.18 Å². The average molecular weight is 532 g/mol. The number of amides is 1. The van der Waals surface area contributed by atoms with Crippen molar-refractivity contribution in [2.45, 2.75) is 32.4 Å². The van der Waals surface area contributed by atoms with Crippen molar-refractivity contribution in [3.8, 4) is 22.8 Å². The second-order valence-corrected chi connectivity index (χ2v) is 8.44. The van der Waals surface area contributed by atoms with Crippen molar-refractivity contribution >= 4 is 17.2 Å². The number of rotatable bonds is 8. The number of fused-ring (bicyclic) bond motifs is 1. The average Bonchev–Trinajstić information content (AvgIpc) is 3.23. The smallest absolute Gasteiger partial charge is 0.398 e. The van der Waals surface area contributed by atoms with Gasteiger partial charge in [-0.2, -0.15) is 18.3 Å². The van der Waals surface area contributed by atoms with Crippen LogP contribution in [0.3, 0.4) is 0 Å². The van der Waals surface area contributed by atoms with Crippen LogP contribution in [0.25, 0.3) is 16.8 Å². The number of hydrogen-bond donors (Lipinski definition) is 2. The van der Waals surface area contributed by atoms with Crippen LogP contribution in [0.4, 0.5) is 23.4 Å². The summed E-state index contributed by atoms with van der Waals surface area (Å²) in [4.78, 5) is 20.0. The number of hydrogen-bond acceptors (Lipinski definition) is 7. The Morgan fingerprint density at radius 2 is 1.95 bits per heavy atom. The summed E-state index contributed by atoms with van der Waals surface area (Å²) in [6, 6.07) is 7.15. The summed E-state index contributed by atoms with van der Waals surface area (Å²) in [6.45, 7) is 2.95. The van der Waals surface area contributed by atoms with Crippen molar-refractivity contribution in [1.29, 1.82) is 0 Å². The molecule has 38 heavy (non-hydrogen) atoms. The van der Waals surface area contributed by atoms with Crippen LogP contribution in [-0.4, -0.2) is 45.4 Å². The standard InChI is InChI=1S/C25H24F4N6O3/c1-4-38-18-8-13(7-14-9-15(26)10-17(23(31)36)21(14)37-3)5-6-16(18)19-20-22(30)32-11-33-35(20)24(34-19)12(2)25(27,28)29/h5-6,8-12H,4,7H2,1-3H3,(H2,31,36)(H2,30,32,33). The van der Waals surface area contributed by atoms with Gasteiger partial charge in [-0.15, -0.1) is 0 Å². The second kappa shape index (κ2) is 10.1. The van der Waals surface area contributed by atoms with Crippen LogP contribution in [0.15, 0.2) is 36.7 Å². The van der Waals surface area contributed by atoms with E-state index in [0.717, 1.165) is 23.8 Å². The van der Waals surface area contributed by atoms with Crippen LogP contribution in [0.2, 0.25) is 0 Å². The quantitative estimate of drug-likeness (QED) is 0.324. The molecular formula is C25H24F4N6O3. The Hall–Kier alpha value is -4.42. The van der Waals surface area contributed by atoms with Crippen LogP contribution in [-0.2, 0) is 6.42 Å². The van der Waals surface area contributed by atoms with Crippen LogP contribution in [0, 0.1) is 5.82 Å². The lowest BCUT2D eigenvalue weighted by atomic mass is 9.98. The molecule has 0 saturated heterocycles. The number of carbonyl (C=O) groups excluding carboxylic acids is 1. The number of nitrogen functional groups attached to an aromatic ring is 1. The lowest BCUT2D eigenvalue weighted by Crippen LogP contribution is -2.20. The number of aromatic nitrogens is 4. The van der Waals surface area contributed by atoms with Gasteiger partial charge in [0, 0.05) is 17.5 Å². The molecule has 0 fully saturated rings. The Bertz CT molecular complexity index is 1520. The molecule has 2 aromatic heterocycles. The van der Waals surface area contributed by atoms with E-state index in [-0.39, 0.29) is 47.2 Å². The first kappa shape index (κ1) is 26.6. The van der Waals surface area contributed by atoms with Gasteiger partial charge < -0.3 is 20.9 Å². The largest absolute Gasteiger partial charge is 0.496 e. The van der Waals surface area contributed by atoms with Gasteiger partial charge in [-0.3, -0.25) is 4.79 Å². The molecule has 0 bridgehead atoms. The van der Waals surface area contributed by atoms with Gasteiger partial charge in [-0.05, 0) is 43.7 Å². The topological polar surface area (TPSA) is 131 Å². The zero-order chi connectivity index (χ0) is 27.8. The molecule has 2 heterocycles. The van der Waals surface area contributed by atoms with Gasteiger partial charge in [0.1, 0.15) is 46.6 Å². The Labute approximate surface area is 214 Å². The number of benzene rings is 2. The number of methoxy groups -OCH3 is 1. The van der Waals surface area contributed by atoms with E-state index in [2.05, 4.69) is 15.1 Å². The number of alkyl halides is 3. The number of nitrogens with two attached hydrogens (primary N) is 2. The highest BCUT2D eigenvalue weighted by Gasteiger charge is 2.41. The van der Waals surface area contributed by atoms with E-state index in [1.54, 1.807) is 25.1 Å². The highest BCUT2D eigenvalue weighted by Crippen LogP contribution is 2.40. The molecular weight excluding hydrogens is 508 g/mol. The first-order chi connectivity index (χ1) is 18.0. The highest BCUT2D eigenvalue weighted by atomic mass is 19.4. The van der Waals surface area contributed by atoms with Gasteiger partial charge in [0.05, 0.1) is 19.3 Å². The van der Waals surface area contributed by atoms with Crippen LogP contribution >= 0.6 is 0 Å². The molecule has 1 amide bonds. The van der Waals surface area contributed by atoms with Crippen molar-refractivity contribution in [3.63, 3.8) is 0 Å².